The van der Waals surface area contributed by atoms with E-state index < -0.39 is 11.8 Å². The molecule has 0 atom stereocenters. The molecule has 3 aromatic rings. The van der Waals surface area contributed by atoms with Gasteiger partial charge in [0, 0.05) is 15.6 Å². The van der Waals surface area contributed by atoms with Crippen molar-refractivity contribution in [2.24, 2.45) is 0 Å². The molecule has 0 fully saturated rings. The van der Waals surface area contributed by atoms with Crippen LogP contribution in [-0.2, 0) is 15.0 Å². The van der Waals surface area contributed by atoms with Crippen LogP contribution in [0.3, 0.4) is 0 Å². The van der Waals surface area contributed by atoms with Gasteiger partial charge in [-0.1, -0.05) is 85.2 Å². The molecule has 0 aromatic heterocycles. The van der Waals surface area contributed by atoms with Crippen molar-refractivity contribution in [2.75, 3.05) is 13.2 Å². The highest BCUT2D eigenvalue weighted by molar-refractivity contribution is 9.10. The van der Waals surface area contributed by atoms with Crippen LogP contribution in [0, 0.1) is 0 Å². The Balaban J connectivity index is 1.49. The van der Waals surface area contributed by atoms with Gasteiger partial charge in [0.25, 0.3) is 11.8 Å². The van der Waals surface area contributed by atoms with E-state index in [0.29, 0.717) is 11.5 Å². The van der Waals surface area contributed by atoms with Crippen LogP contribution >= 0.6 is 15.9 Å². The summed E-state index contributed by atoms with van der Waals surface area (Å²) in [4.78, 5) is 24.3. The molecule has 0 saturated heterocycles. The van der Waals surface area contributed by atoms with E-state index >= 15 is 0 Å². The second kappa shape index (κ2) is 11.0. The van der Waals surface area contributed by atoms with Crippen LogP contribution in [0.5, 0.6) is 11.5 Å². The van der Waals surface area contributed by atoms with E-state index in [9.17, 15) is 9.59 Å². The molecule has 2 N–H and O–H groups in total. The molecule has 0 radical (unpaired) electrons. The number of hydrazine groups is 1. The molecular weight excluding hydrogens is 484 g/mol. The van der Waals surface area contributed by atoms with E-state index in [0.717, 1.165) is 21.2 Å². The summed E-state index contributed by atoms with van der Waals surface area (Å²) < 4.78 is 12.3. The first-order chi connectivity index (χ1) is 15.7. The van der Waals surface area contributed by atoms with Crippen LogP contribution in [0.2, 0.25) is 0 Å². The standard InChI is InChI=1S/C26H27BrN2O4/c1-26(2,3)21-15-19(27)13-14-23(21)33-17-25(31)29-28-24(30)16-32-22-12-8-7-11-20(22)18-9-5-4-6-10-18/h4-15H,16-17H2,1-3H3,(H,28,30)(H,29,31). The Bertz CT molecular complexity index is 1110. The number of nitrogens with one attached hydrogen (secondary N) is 2. The maximum absolute atomic E-state index is 12.2. The lowest BCUT2D eigenvalue weighted by atomic mass is 9.86. The number of amides is 2. The SMILES string of the molecule is CC(C)(C)c1cc(Br)ccc1OCC(=O)NNC(=O)COc1ccccc1-c1ccccc1. The number of ether oxygens (including phenoxy) is 2. The van der Waals surface area contributed by atoms with Crippen LogP contribution in [0.15, 0.2) is 77.3 Å². The van der Waals surface area contributed by atoms with Gasteiger partial charge in [0.05, 0.1) is 0 Å². The van der Waals surface area contributed by atoms with Gasteiger partial charge >= 0.3 is 0 Å². The molecular formula is C26H27BrN2O4. The average Bonchev–Trinajstić information content (AvgIpc) is 2.80. The van der Waals surface area contributed by atoms with Crippen molar-refractivity contribution in [3.05, 3.63) is 82.8 Å². The highest BCUT2D eigenvalue weighted by Crippen LogP contribution is 2.33. The molecule has 3 aromatic carbocycles. The first-order valence-corrected chi connectivity index (χ1v) is 11.3. The second-order valence-electron chi connectivity index (χ2n) is 8.43. The van der Waals surface area contributed by atoms with Gasteiger partial charge in [0.2, 0.25) is 0 Å². The van der Waals surface area contributed by atoms with Crippen molar-refractivity contribution in [1.82, 2.24) is 10.9 Å². The van der Waals surface area contributed by atoms with Gasteiger partial charge in [0.1, 0.15) is 11.5 Å². The van der Waals surface area contributed by atoms with Gasteiger partial charge in [-0.05, 0) is 35.2 Å². The maximum Gasteiger partial charge on any atom is 0.276 e. The lowest BCUT2D eigenvalue weighted by molar-refractivity contribution is -0.131. The fourth-order valence-corrected chi connectivity index (χ4v) is 3.52. The number of hydrogen-bond acceptors (Lipinski definition) is 4. The maximum atomic E-state index is 12.2. The van der Waals surface area contributed by atoms with Crippen LogP contribution < -0.4 is 20.3 Å². The normalized spacial score (nSPS) is 10.9. The summed E-state index contributed by atoms with van der Waals surface area (Å²) in [5.41, 5.74) is 7.39. The quantitative estimate of drug-likeness (QED) is 0.437. The van der Waals surface area contributed by atoms with E-state index in [2.05, 4.69) is 47.6 Å². The molecule has 0 aliphatic carbocycles. The molecule has 2 amide bonds. The first kappa shape index (κ1) is 24.3. The minimum Gasteiger partial charge on any atom is -0.483 e. The summed E-state index contributed by atoms with van der Waals surface area (Å²) in [5, 5.41) is 0. The third-order valence-electron chi connectivity index (χ3n) is 4.78. The molecule has 7 heteroatoms. The van der Waals surface area contributed by atoms with Crippen LogP contribution in [-0.4, -0.2) is 25.0 Å². The fourth-order valence-electron chi connectivity index (χ4n) is 3.16. The molecule has 0 saturated carbocycles. The third-order valence-corrected chi connectivity index (χ3v) is 5.27. The Hall–Kier alpha value is -3.32. The van der Waals surface area contributed by atoms with Gasteiger partial charge in [-0.25, -0.2) is 0 Å². The Morgan fingerprint density at radius 2 is 1.36 bits per heavy atom. The summed E-state index contributed by atoms with van der Waals surface area (Å²) >= 11 is 3.46. The Kier molecular flexibility index (Phi) is 8.11. The Morgan fingerprint density at radius 1 is 0.788 bits per heavy atom. The number of rotatable bonds is 7. The molecule has 0 spiro atoms. The van der Waals surface area contributed by atoms with Crippen molar-refractivity contribution in [3.8, 4) is 22.6 Å². The highest BCUT2D eigenvalue weighted by Gasteiger charge is 2.20. The molecule has 0 aliphatic rings. The van der Waals surface area contributed by atoms with E-state index in [1.807, 2.05) is 66.7 Å². The zero-order chi connectivity index (χ0) is 23.8. The number of carbonyl (C=O) groups excluding carboxylic acids is 2. The number of halogens is 1. The molecule has 0 aliphatic heterocycles. The molecule has 0 unspecified atom stereocenters. The third kappa shape index (κ3) is 7.08. The number of para-hydroxylation sites is 1. The van der Waals surface area contributed by atoms with E-state index in [1.165, 1.54) is 0 Å². The van der Waals surface area contributed by atoms with Crippen molar-refractivity contribution in [3.63, 3.8) is 0 Å². The van der Waals surface area contributed by atoms with Crippen molar-refractivity contribution in [2.45, 2.75) is 26.2 Å². The number of carbonyl (C=O) groups is 2. The lowest BCUT2D eigenvalue weighted by Crippen LogP contribution is -2.45. The molecule has 0 bridgehead atoms. The van der Waals surface area contributed by atoms with E-state index in [-0.39, 0.29) is 18.6 Å². The summed E-state index contributed by atoms with van der Waals surface area (Å²) in [6.45, 7) is 5.72. The molecule has 0 heterocycles. The van der Waals surface area contributed by atoms with Gasteiger partial charge in [-0.2, -0.15) is 0 Å². The second-order valence-corrected chi connectivity index (χ2v) is 9.34. The largest absolute Gasteiger partial charge is 0.483 e. The van der Waals surface area contributed by atoms with E-state index in [4.69, 9.17) is 9.47 Å². The molecule has 33 heavy (non-hydrogen) atoms. The minimum absolute atomic E-state index is 0.156. The highest BCUT2D eigenvalue weighted by atomic mass is 79.9. The molecule has 3 rings (SSSR count). The smallest absolute Gasteiger partial charge is 0.276 e. The fraction of sp³-hybridized carbons (Fsp3) is 0.231. The Morgan fingerprint density at radius 3 is 2.00 bits per heavy atom. The monoisotopic (exact) mass is 510 g/mol. The van der Waals surface area contributed by atoms with Crippen LogP contribution in [0.25, 0.3) is 11.1 Å². The van der Waals surface area contributed by atoms with Crippen LogP contribution in [0.1, 0.15) is 26.3 Å². The summed E-state index contributed by atoms with van der Waals surface area (Å²) in [5.74, 6) is 0.243. The van der Waals surface area contributed by atoms with Crippen molar-refractivity contribution >= 4 is 27.7 Å². The summed E-state index contributed by atoms with van der Waals surface area (Å²) in [7, 11) is 0. The van der Waals surface area contributed by atoms with Crippen molar-refractivity contribution in [1.29, 1.82) is 0 Å². The zero-order valence-corrected chi connectivity index (χ0v) is 20.4. The predicted molar refractivity (Wildman–Crippen MR) is 132 cm³/mol. The predicted octanol–water partition coefficient (Wildman–Crippen LogP) is 5.02. The minimum atomic E-state index is -0.481. The van der Waals surface area contributed by atoms with Gasteiger partial charge in [-0.15, -0.1) is 0 Å². The van der Waals surface area contributed by atoms with Gasteiger partial charge in [-0.3, -0.25) is 20.4 Å². The molecule has 6 nitrogen and oxygen atoms in total. The summed E-state index contributed by atoms with van der Waals surface area (Å²) in [6, 6.07) is 22.9. The average molecular weight is 511 g/mol. The first-order valence-electron chi connectivity index (χ1n) is 10.5. The number of hydrogen-bond donors (Lipinski definition) is 2. The molecule has 172 valence electrons. The van der Waals surface area contributed by atoms with Gasteiger partial charge in [0.15, 0.2) is 13.2 Å². The lowest BCUT2D eigenvalue weighted by Gasteiger charge is -2.23. The topological polar surface area (TPSA) is 76.7 Å². The van der Waals surface area contributed by atoms with Crippen LogP contribution in [0.4, 0.5) is 0 Å². The van der Waals surface area contributed by atoms with Crippen molar-refractivity contribution < 1.29 is 19.1 Å². The Labute approximate surface area is 202 Å². The van der Waals surface area contributed by atoms with Gasteiger partial charge < -0.3 is 9.47 Å². The van der Waals surface area contributed by atoms with E-state index in [1.54, 1.807) is 6.07 Å². The zero-order valence-electron chi connectivity index (χ0n) is 18.9. The number of benzene rings is 3. The summed E-state index contributed by atoms with van der Waals surface area (Å²) in [6.07, 6.45) is 0.